The zero-order chi connectivity index (χ0) is 15.6. The highest BCUT2D eigenvalue weighted by Crippen LogP contribution is 2.29. The fourth-order valence-electron chi connectivity index (χ4n) is 2.29. The molecule has 0 bridgehead atoms. The fraction of sp³-hybridized carbons (Fsp3) is 0.0588. The summed E-state index contributed by atoms with van der Waals surface area (Å²) in [4.78, 5) is 5.68. The number of aromatic nitrogens is 3. The zero-order valence-corrected chi connectivity index (χ0v) is 14.4. The van der Waals surface area contributed by atoms with E-state index in [2.05, 4.69) is 27.6 Å². The van der Waals surface area contributed by atoms with Crippen LogP contribution in [-0.4, -0.2) is 14.6 Å². The topological polar surface area (TPSA) is 30.2 Å². The van der Waals surface area contributed by atoms with Crippen LogP contribution in [0, 0.1) is 0 Å². The summed E-state index contributed by atoms with van der Waals surface area (Å²) < 4.78 is 1.90. The average Bonchev–Trinajstić information content (AvgIpc) is 3.23. The lowest BCUT2D eigenvalue weighted by atomic mass is 10.2. The predicted molar refractivity (Wildman–Crippen MR) is 97.3 cm³/mol. The first-order valence-corrected chi connectivity index (χ1v) is 9.29. The Hall–Kier alpha value is -1.82. The number of nitrogens with zero attached hydrogens (tertiary/aromatic N) is 3. The molecular weight excluding hydrogens is 346 g/mol. The normalized spacial score (nSPS) is 11.2. The summed E-state index contributed by atoms with van der Waals surface area (Å²) in [6.45, 7) is 0. The lowest BCUT2D eigenvalue weighted by Crippen LogP contribution is -1.91. The van der Waals surface area contributed by atoms with Crippen LogP contribution in [0.25, 0.3) is 16.1 Å². The molecule has 0 atom stereocenters. The van der Waals surface area contributed by atoms with Gasteiger partial charge in [-0.1, -0.05) is 41.6 Å². The van der Waals surface area contributed by atoms with E-state index in [1.807, 2.05) is 41.0 Å². The zero-order valence-electron chi connectivity index (χ0n) is 12.0. The van der Waals surface area contributed by atoms with Crippen LogP contribution in [0.3, 0.4) is 0 Å². The van der Waals surface area contributed by atoms with Crippen molar-refractivity contribution in [1.82, 2.24) is 14.6 Å². The largest absolute Gasteiger partial charge is 0.246 e. The third-order valence-corrected chi connectivity index (χ3v) is 5.63. The minimum atomic E-state index is 0.760. The molecule has 4 rings (SSSR count). The Kier molecular flexibility index (Phi) is 4.08. The van der Waals surface area contributed by atoms with Crippen LogP contribution in [0.4, 0.5) is 0 Å². The first-order chi connectivity index (χ1) is 11.3. The Labute approximate surface area is 147 Å². The Morgan fingerprint density at radius 1 is 1.17 bits per heavy atom. The van der Waals surface area contributed by atoms with Gasteiger partial charge in [0.15, 0.2) is 0 Å². The van der Waals surface area contributed by atoms with Gasteiger partial charge in [-0.2, -0.15) is 5.10 Å². The molecule has 0 radical (unpaired) electrons. The minimum Gasteiger partial charge on any atom is -0.246 e. The molecule has 0 saturated carbocycles. The van der Waals surface area contributed by atoms with Crippen molar-refractivity contribution in [3.63, 3.8) is 0 Å². The molecule has 0 spiro atoms. The Balaban J connectivity index is 1.63. The molecule has 0 unspecified atom stereocenters. The van der Waals surface area contributed by atoms with Crippen molar-refractivity contribution >= 4 is 40.2 Å². The third-order valence-electron chi connectivity index (χ3n) is 3.42. The van der Waals surface area contributed by atoms with Crippen LogP contribution in [0.15, 0.2) is 65.3 Å². The van der Waals surface area contributed by atoms with Crippen molar-refractivity contribution < 1.29 is 0 Å². The number of benzene rings is 1. The highest BCUT2D eigenvalue weighted by molar-refractivity contribution is 7.98. The molecule has 6 heteroatoms. The SMILES string of the molecule is Clc1ccc(CSc2nccn3nc(-c4cccs4)cc23)cc1. The number of hydrogen-bond acceptors (Lipinski definition) is 4. The maximum atomic E-state index is 5.93. The Morgan fingerprint density at radius 3 is 2.83 bits per heavy atom. The molecule has 3 nitrogen and oxygen atoms in total. The summed E-state index contributed by atoms with van der Waals surface area (Å²) >= 11 is 9.33. The van der Waals surface area contributed by atoms with Gasteiger partial charge >= 0.3 is 0 Å². The first kappa shape index (κ1) is 14.8. The molecule has 114 valence electrons. The monoisotopic (exact) mass is 357 g/mol. The number of thioether (sulfide) groups is 1. The van der Waals surface area contributed by atoms with Crippen molar-refractivity contribution in [1.29, 1.82) is 0 Å². The van der Waals surface area contributed by atoms with Gasteiger partial charge in [-0.05, 0) is 35.2 Å². The van der Waals surface area contributed by atoms with Crippen molar-refractivity contribution in [2.45, 2.75) is 10.8 Å². The quantitative estimate of drug-likeness (QED) is 0.458. The minimum absolute atomic E-state index is 0.760. The van der Waals surface area contributed by atoms with Gasteiger partial charge in [-0.25, -0.2) is 9.50 Å². The van der Waals surface area contributed by atoms with E-state index in [9.17, 15) is 0 Å². The van der Waals surface area contributed by atoms with Gasteiger partial charge in [-0.15, -0.1) is 11.3 Å². The second-order valence-corrected chi connectivity index (χ2v) is 7.33. The highest BCUT2D eigenvalue weighted by atomic mass is 35.5. The van der Waals surface area contributed by atoms with E-state index in [0.717, 1.165) is 27.0 Å². The molecule has 0 aliphatic carbocycles. The van der Waals surface area contributed by atoms with Crippen molar-refractivity contribution in [3.8, 4) is 10.6 Å². The number of hydrogen-bond donors (Lipinski definition) is 0. The predicted octanol–water partition coefficient (Wildman–Crippen LogP) is 5.40. The van der Waals surface area contributed by atoms with E-state index in [-0.39, 0.29) is 0 Å². The van der Waals surface area contributed by atoms with E-state index < -0.39 is 0 Å². The summed E-state index contributed by atoms with van der Waals surface area (Å²) in [6, 6.07) is 14.1. The molecule has 0 saturated heterocycles. The van der Waals surface area contributed by atoms with Crippen molar-refractivity contribution in [2.75, 3.05) is 0 Å². The van der Waals surface area contributed by atoms with Crippen LogP contribution in [0.5, 0.6) is 0 Å². The van der Waals surface area contributed by atoms with Gasteiger partial charge in [-0.3, -0.25) is 0 Å². The molecule has 0 N–H and O–H groups in total. The highest BCUT2D eigenvalue weighted by Gasteiger charge is 2.10. The molecule has 4 aromatic rings. The van der Waals surface area contributed by atoms with E-state index in [4.69, 9.17) is 11.6 Å². The van der Waals surface area contributed by atoms with Gasteiger partial charge in [0, 0.05) is 23.2 Å². The summed E-state index contributed by atoms with van der Waals surface area (Å²) in [5.41, 5.74) is 3.25. The van der Waals surface area contributed by atoms with Crippen LogP contribution in [-0.2, 0) is 5.75 Å². The summed E-state index contributed by atoms with van der Waals surface area (Å²) in [6.07, 6.45) is 3.68. The fourth-order valence-corrected chi connectivity index (χ4v) is 4.03. The van der Waals surface area contributed by atoms with Gasteiger partial charge in [0.1, 0.15) is 10.7 Å². The molecule has 3 aromatic heterocycles. The van der Waals surface area contributed by atoms with Crippen LogP contribution >= 0.6 is 34.7 Å². The second-order valence-electron chi connectivity index (χ2n) is 4.98. The number of rotatable bonds is 4. The van der Waals surface area contributed by atoms with E-state index in [1.165, 1.54) is 10.4 Å². The molecule has 0 fully saturated rings. The lowest BCUT2D eigenvalue weighted by molar-refractivity contribution is 0.921. The summed E-state index contributed by atoms with van der Waals surface area (Å²) in [5, 5.41) is 8.45. The smallest absolute Gasteiger partial charge is 0.122 e. The van der Waals surface area contributed by atoms with Crippen LogP contribution < -0.4 is 0 Å². The number of halogens is 1. The third kappa shape index (κ3) is 3.13. The molecule has 23 heavy (non-hydrogen) atoms. The first-order valence-electron chi connectivity index (χ1n) is 7.05. The van der Waals surface area contributed by atoms with Gasteiger partial charge in [0.05, 0.1) is 10.4 Å². The van der Waals surface area contributed by atoms with E-state index in [1.54, 1.807) is 29.3 Å². The van der Waals surface area contributed by atoms with Crippen LogP contribution in [0.1, 0.15) is 5.56 Å². The van der Waals surface area contributed by atoms with Crippen molar-refractivity contribution in [3.05, 3.63) is 70.8 Å². The van der Waals surface area contributed by atoms with E-state index in [0.29, 0.717) is 0 Å². The second kappa shape index (κ2) is 6.35. The maximum absolute atomic E-state index is 5.93. The molecule has 1 aromatic carbocycles. The standard InChI is InChI=1S/C17H12ClN3S2/c18-13-5-3-12(4-6-13)11-23-17-15-10-14(16-2-1-9-22-16)20-21(15)8-7-19-17/h1-10H,11H2. The van der Waals surface area contributed by atoms with Gasteiger partial charge in [0.2, 0.25) is 0 Å². The van der Waals surface area contributed by atoms with Crippen molar-refractivity contribution in [2.24, 2.45) is 0 Å². The average molecular weight is 358 g/mol. The molecular formula is C17H12ClN3S2. The Morgan fingerprint density at radius 2 is 2.04 bits per heavy atom. The van der Waals surface area contributed by atoms with E-state index >= 15 is 0 Å². The number of thiophene rings is 1. The molecule has 0 aliphatic rings. The van der Waals surface area contributed by atoms with Crippen LogP contribution in [0.2, 0.25) is 5.02 Å². The summed E-state index contributed by atoms with van der Waals surface area (Å²) in [5.74, 6) is 0.851. The van der Waals surface area contributed by atoms with Gasteiger partial charge in [0.25, 0.3) is 0 Å². The number of fused-ring (bicyclic) bond motifs is 1. The lowest BCUT2D eigenvalue weighted by Gasteiger charge is -2.03. The summed E-state index contributed by atoms with van der Waals surface area (Å²) in [7, 11) is 0. The van der Waals surface area contributed by atoms with Gasteiger partial charge < -0.3 is 0 Å². The molecule has 3 heterocycles. The molecule has 0 aliphatic heterocycles. The maximum Gasteiger partial charge on any atom is 0.122 e. The molecule has 0 amide bonds. The Bertz CT molecular complexity index is 930.